The number of anilines is 1. The van der Waals surface area contributed by atoms with E-state index in [0.29, 0.717) is 47.8 Å². The van der Waals surface area contributed by atoms with Crippen LogP contribution in [0.3, 0.4) is 0 Å². The van der Waals surface area contributed by atoms with E-state index in [1.165, 1.54) is 0 Å². The lowest BCUT2D eigenvalue weighted by Gasteiger charge is -2.37. The summed E-state index contributed by atoms with van der Waals surface area (Å²) in [5.41, 5.74) is 5.69. The van der Waals surface area contributed by atoms with Crippen molar-refractivity contribution in [3.63, 3.8) is 0 Å². The Morgan fingerprint density at radius 2 is 1.82 bits per heavy atom. The second kappa shape index (κ2) is 10.4. The van der Waals surface area contributed by atoms with Crippen molar-refractivity contribution in [1.29, 1.82) is 0 Å². The van der Waals surface area contributed by atoms with Gasteiger partial charge in [0, 0.05) is 55.7 Å². The van der Waals surface area contributed by atoms with Gasteiger partial charge >= 0.3 is 5.97 Å². The van der Waals surface area contributed by atoms with Gasteiger partial charge in [-0.25, -0.2) is 4.79 Å². The highest BCUT2D eigenvalue weighted by Crippen LogP contribution is 2.47. The van der Waals surface area contributed by atoms with Gasteiger partial charge in [0.1, 0.15) is 6.61 Å². The second-order valence-corrected chi connectivity index (χ2v) is 10.8. The zero-order valence-corrected chi connectivity index (χ0v) is 22.6. The molecule has 0 amide bonds. The zero-order valence-electron chi connectivity index (χ0n) is 22.6. The number of dihydropyridines is 1. The molecule has 6 rings (SSSR count). The van der Waals surface area contributed by atoms with Gasteiger partial charge in [0.25, 0.3) is 0 Å². The molecule has 0 unspecified atom stereocenters. The number of nitrogens with zero attached hydrogens (tertiary/aromatic N) is 1. The third-order valence-corrected chi connectivity index (χ3v) is 8.08. The number of carbonyl (C=O) groups is 2. The third kappa shape index (κ3) is 4.89. The van der Waals surface area contributed by atoms with Crippen molar-refractivity contribution in [1.82, 2.24) is 5.32 Å². The smallest absolute Gasteiger partial charge is 0.336 e. The van der Waals surface area contributed by atoms with Crippen LogP contribution in [0.25, 0.3) is 0 Å². The van der Waals surface area contributed by atoms with Gasteiger partial charge in [0.2, 0.25) is 6.79 Å². The van der Waals surface area contributed by atoms with E-state index in [9.17, 15) is 9.59 Å². The van der Waals surface area contributed by atoms with Crippen LogP contribution in [-0.2, 0) is 19.1 Å². The normalized spacial score (nSPS) is 24.0. The van der Waals surface area contributed by atoms with E-state index in [2.05, 4.69) is 34.5 Å². The van der Waals surface area contributed by atoms with Crippen LogP contribution in [0, 0.1) is 0 Å². The first-order valence-electron chi connectivity index (χ1n) is 13.6. The summed E-state index contributed by atoms with van der Waals surface area (Å²) < 4.78 is 22.6. The van der Waals surface area contributed by atoms with Crippen molar-refractivity contribution in [3.05, 3.63) is 76.1 Å². The molecule has 0 aromatic heterocycles. The number of rotatable bonds is 6. The first-order chi connectivity index (χ1) is 18.9. The molecule has 204 valence electrons. The molecule has 0 saturated carbocycles. The van der Waals surface area contributed by atoms with Gasteiger partial charge in [-0.15, -0.1) is 0 Å². The molecule has 8 nitrogen and oxygen atoms in total. The Morgan fingerprint density at radius 3 is 2.56 bits per heavy atom. The van der Waals surface area contributed by atoms with Gasteiger partial charge in [-0.3, -0.25) is 4.79 Å². The van der Waals surface area contributed by atoms with Crippen molar-refractivity contribution < 1.29 is 28.5 Å². The molecular weight excluding hydrogens is 496 g/mol. The maximum Gasteiger partial charge on any atom is 0.336 e. The molecular formula is C31H34N2O6. The van der Waals surface area contributed by atoms with E-state index in [1.54, 1.807) is 0 Å². The summed E-state index contributed by atoms with van der Waals surface area (Å²) in [6, 6.07) is 14.0. The minimum atomic E-state index is -0.558. The standard InChI is InChI=1S/C31H34N2O6/c1-18-28(31(35)37-16-23-5-4-12-36-23)29(20-8-11-26-27(15-20)39-17-38-26)30-24(32-18)13-21(14-25(30)34)19-6-9-22(10-7-19)33(2)3/h6-11,15,21,23,29,32H,4-5,12-14,16-17H2,1-3H3/t21-,23-,29-/m0/s1. The fraction of sp³-hybridized carbons (Fsp3) is 0.419. The first-order valence-corrected chi connectivity index (χ1v) is 13.6. The molecule has 0 bridgehead atoms. The Bertz CT molecular complexity index is 1350. The van der Waals surface area contributed by atoms with Crippen molar-refractivity contribution in [2.24, 2.45) is 0 Å². The van der Waals surface area contributed by atoms with Gasteiger partial charge in [-0.1, -0.05) is 18.2 Å². The van der Waals surface area contributed by atoms with Gasteiger partial charge in [-0.05, 0) is 67.5 Å². The van der Waals surface area contributed by atoms with Crippen LogP contribution in [0.1, 0.15) is 55.6 Å². The Morgan fingerprint density at radius 1 is 1.05 bits per heavy atom. The van der Waals surface area contributed by atoms with E-state index in [0.717, 1.165) is 35.4 Å². The average Bonchev–Trinajstić information content (AvgIpc) is 3.62. The van der Waals surface area contributed by atoms with Crippen molar-refractivity contribution in [2.45, 2.75) is 50.5 Å². The highest BCUT2D eigenvalue weighted by Gasteiger charge is 2.42. The van der Waals surface area contributed by atoms with Crippen LogP contribution in [0.5, 0.6) is 11.5 Å². The van der Waals surface area contributed by atoms with Gasteiger partial charge in [0.15, 0.2) is 17.3 Å². The Kier molecular flexibility index (Phi) is 6.81. The van der Waals surface area contributed by atoms with Crippen molar-refractivity contribution in [3.8, 4) is 11.5 Å². The average molecular weight is 531 g/mol. The van der Waals surface area contributed by atoms with E-state index < -0.39 is 11.9 Å². The van der Waals surface area contributed by atoms with E-state index >= 15 is 0 Å². The molecule has 1 N–H and O–H groups in total. The Labute approximate surface area is 228 Å². The summed E-state index contributed by atoms with van der Waals surface area (Å²) >= 11 is 0. The fourth-order valence-corrected chi connectivity index (χ4v) is 6.04. The highest BCUT2D eigenvalue weighted by molar-refractivity contribution is 6.04. The minimum Gasteiger partial charge on any atom is -0.459 e. The summed E-state index contributed by atoms with van der Waals surface area (Å²) in [6.07, 6.45) is 2.81. The predicted molar refractivity (Wildman–Crippen MR) is 146 cm³/mol. The summed E-state index contributed by atoms with van der Waals surface area (Å²) in [7, 11) is 4.02. The number of esters is 1. The molecule has 39 heavy (non-hydrogen) atoms. The number of Topliss-reactive ketones (excluding diaryl/α,β-unsaturated/α-hetero) is 1. The number of nitrogens with one attached hydrogen (secondary N) is 1. The summed E-state index contributed by atoms with van der Waals surface area (Å²) in [4.78, 5) is 29.5. The predicted octanol–water partition coefficient (Wildman–Crippen LogP) is 4.57. The topological polar surface area (TPSA) is 86.3 Å². The molecule has 8 heteroatoms. The first kappa shape index (κ1) is 25.5. The lowest BCUT2D eigenvalue weighted by molar-refractivity contribution is -0.142. The van der Waals surface area contributed by atoms with Crippen LogP contribution < -0.4 is 19.7 Å². The number of benzene rings is 2. The molecule has 0 spiro atoms. The van der Waals surface area contributed by atoms with Crippen LogP contribution in [0.15, 0.2) is 65.0 Å². The van der Waals surface area contributed by atoms with Gasteiger partial charge in [-0.2, -0.15) is 0 Å². The zero-order chi connectivity index (χ0) is 27.1. The Balaban J connectivity index is 1.34. The lowest BCUT2D eigenvalue weighted by atomic mass is 9.71. The van der Waals surface area contributed by atoms with E-state index in [4.69, 9.17) is 18.9 Å². The molecule has 3 heterocycles. The Hall–Kier alpha value is -3.78. The molecule has 2 aromatic rings. The number of hydrogen-bond acceptors (Lipinski definition) is 8. The number of ketones is 1. The number of allylic oxidation sites excluding steroid dienone is 3. The molecule has 1 saturated heterocycles. The third-order valence-electron chi connectivity index (χ3n) is 8.08. The highest BCUT2D eigenvalue weighted by atomic mass is 16.7. The number of ether oxygens (including phenoxy) is 4. The van der Waals surface area contributed by atoms with Crippen LogP contribution in [-0.4, -0.2) is 52.0 Å². The fourth-order valence-electron chi connectivity index (χ4n) is 6.04. The van der Waals surface area contributed by atoms with Crippen LogP contribution in [0.2, 0.25) is 0 Å². The van der Waals surface area contributed by atoms with Gasteiger partial charge in [0.05, 0.1) is 11.7 Å². The number of hydrogen-bond donors (Lipinski definition) is 1. The minimum absolute atomic E-state index is 0.0324. The second-order valence-electron chi connectivity index (χ2n) is 10.8. The number of carbonyl (C=O) groups excluding carboxylic acids is 2. The SMILES string of the molecule is CC1=C(C(=O)OC[C@@H]2CCCO2)[C@H](c2ccc3c(c2)OCO3)C2=C(C[C@H](c3ccc(N(C)C)cc3)CC2=O)N1. The quantitative estimate of drug-likeness (QED) is 0.544. The molecule has 3 atom stereocenters. The number of fused-ring (bicyclic) bond motifs is 1. The monoisotopic (exact) mass is 530 g/mol. The van der Waals surface area contributed by atoms with E-state index in [-0.39, 0.29) is 31.2 Å². The van der Waals surface area contributed by atoms with Crippen molar-refractivity contribution >= 4 is 17.4 Å². The maximum atomic E-state index is 13.9. The molecule has 4 aliphatic rings. The summed E-state index contributed by atoms with van der Waals surface area (Å²) in [5.74, 6) is 0.362. The molecule has 1 aliphatic carbocycles. The van der Waals surface area contributed by atoms with E-state index in [1.807, 2.05) is 39.2 Å². The summed E-state index contributed by atoms with van der Waals surface area (Å²) in [6.45, 7) is 2.92. The largest absolute Gasteiger partial charge is 0.459 e. The lowest BCUT2D eigenvalue weighted by Crippen LogP contribution is -2.36. The van der Waals surface area contributed by atoms with Crippen LogP contribution >= 0.6 is 0 Å². The molecule has 3 aliphatic heterocycles. The molecule has 0 radical (unpaired) electrons. The maximum absolute atomic E-state index is 13.9. The van der Waals surface area contributed by atoms with Crippen LogP contribution in [0.4, 0.5) is 5.69 Å². The van der Waals surface area contributed by atoms with Crippen molar-refractivity contribution in [2.75, 3.05) is 39.0 Å². The molecule has 2 aromatic carbocycles. The van der Waals surface area contributed by atoms with Gasteiger partial charge < -0.3 is 29.2 Å². The summed E-state index contributed by atoms with van der Waals surface area (Å²) in [5, 5.41) is 3.43. The molecule has 1 fully saturated rings.